The van der Waals surface area contributed by atoms with Gasteiger partial charge in [-0.1, -0.05) is 42.5 Å². The molecule has 3 aromatic rings. The molecule has 0 aliphatic rings. The largest absolute Gasteiger partial charge is 0.370 e. The molecule has 0 unspecified atom stereocenters. The number of anilines is 1. The van der Waals surface area contributed by atoms with E-state index in [1.165, 1.54) is 0 Å². The van der Waals surface area contributed by atoms with Crippen molar-refractivity contribution in [3.63, 3.8) is 0 Å². The minimum Gasteiger partial charge on any atom is -0.370 e. The Hall–Kier alpha value is -2.61. The number of aliphatic imine (C=N–C) groups is 1. The summed E-state index contributed by atoms with van der Waals surface area (Å²) in [6.45, 7) is 3.08. The predicted octanol–water partition coefficient (Wildman–Crippen LogP) is 3.75. The molecule has 2 aromatic carbocycles. The first kappa shape index (κ1) is 20.7. The number of hydrogen-bond donors (Lipinski definition) is 2. The molecule has 0 saturated carbocycles. The highest BCUT2D eigenvalue weighted by molar-refractivity contribution is 14.0. The number of aromatic nitrogens is 1. The topological polar surface area (TPSA) is 72.4 Å². The van der Waals surface area contributed by atoms with E-state index in [4.69, 9.17) is 5.73 Å². The monoisotopic (exact) mass is 474 g/mol. The fourth-order valence-corrected chi connectivity index (χ4v) is 2.62. The molecule has 5 nitrogen and oxygen atoms in total. The Morgan fingerprint density at radius 1 is 1.04 bits per heavy atom. The predicted molar refractivity (Wildman–Crippen MR) is 122 cm³/mol. The zero-order valence-electron chi connectivity index (χ0n) is 15.1. The molecule has 0 aliphatic carbocycles. The second kappa shape index (κ2) is 9.91. The minimum atomic E-state index is -0.00354. The van der Waals surface area contributed by atoms with Crippen molar-refractivity contribution in [2.24, 2.45) is 10.7 Å². The number of nitrogens with two attached hydrogens (primary N) is 1. The molecule has 1 aromatic heterocycles. The van der Waals surface area contributed by atoms with Gasteiger partial charge in [-0.2, -0.15) is 0 Å². The Balaban J connectivity index is 0.00000261. The van der Waals surface area contributed by atoms with Gasteiger partial charge in [0.05, 0.1) is 13.1 Å². The van der Waals surface area contributed by atoms with Gasteiger partial charge in [-0.15, -0.1) is 24.0 Å². The third-order valence-electron chi connectivity index (χ3n) is 4.00. The SMILES string of the molecule is Cc1cccc(NC(N)=NCc2ccc(Cn3ccccc3=O)cc2)c1.I. The first-order chi connectivity index (χ1) is 12.6. The van der Waals surface area contributed by atoms with Crippen LogP contribution in [0.3, 0.4) is 0 Å². The number of rotatable bonds is 5. The van der Waals surface area contributed by atoms with Crippen LogP contribution in [-0.2, 0) is 13.1 Å². The summed E-state index contributed by atoms with van der Waals surface area (Å²) < 4.78 is 1.68. The highest BCUT2D eigenvalue weighted by atomic mass is 127. The molecule has 1 heterocycles. The fraction of sp³-hybridized carbons (Fsp3) is 0.143. The van der Waals surface area contributed by atoms with Crippen molar-refractivity contribution in [3.05, 3.63) is 100.0 Å². The van der Waals surface area contributed by atoms with Crippen molar-refractivity contribution in [2.45, 2.75) is 20.0 Å². The van der Waals surface area contributed by atoms with Crippen LogP contribution in [0.15, 0.2) is 82.7 Å². The van der Waals surface area contributed by atoms with Crippen LogP contribution in [0.25, 0.3) is 0 Å². The number of nitrogens with zero attached hydrogens (tertiary/aromatic N) is 2. The van der Waals surface area contributed by atoms with E-state index in [9.17, 15) is 4.79 Å². The number of hydrogen-bond acceptors (Lipinski definition) is 2. The van der Waals surface area contributed by atoms with Crippen LogP contribution in [0.4, 0.5) is 5.69 Å². The van der Waals surface area contributed by atoms with Crippen molar-refractivity contribution in [1.29, 1.82) is 0 Å². The lowest BCUT2D eigenvalue weighted by molar-refractivity contribution is 0.759. The van der Waals surface area contributed by atoms with Gasteiger partial charge < -0.3 is 15.6 Å². The van der Waals surface area contributed by atoms with Gasteiger partial charge in [-0.25, -0.2) is 4.99 Å². The average molecular weight is 474 g/mol. The van der Waals surface area contributed by atoms with E-state index >= 15 is 0 Å². The molecule has 0 saturated heterocycles. The van der Waals surface area contributed by atoms with Crippen LogP contribution in [-0.4, -0.2) is 10.5 Å². The van der Waals surface area contributed by atoms with Crippen molar-refractivity contribution in [2.75, 3.05) is 5.32 Å². The van der Waals surface area contributed by atoms with Gasteiger partial charge in [0.15, 0.2) is 5.96 Å². The summed E-state index contributed by atoms with van der Waals surface area (Å²) in [6, 6.07) is 21.2. The standard InChI is InChI=1S/C21H22N4O.HI/c1-16-5-4-6-19(13-16)24-21(22)23-14-17-8-10-18(11-9-17)15-25-12-3-2-7-20(25)26;/h2-13H,14-15H2,1H3,(H3,22,23,24);1H. The normalized spacial score (nSPS) is 10.9. The third kappa shape index (κ3) is 6.25. The van der Waals surface area contributed by atoms with Crippen molar-refractivity contribution < 1.29 is 0 Å². The molecule has 0 atom stereocenters. The summed E-state index contributed by atoms with van der Waals surface area (Å²) in [7, 11) is 0. The summed E-state index contributed by atoms with van der Waals surface area (Å²) >= 11 is 0. The molecule has 3 rings (SSSR count). The van der Waals surface area contributed by atoms with Gasteiger partial charge in [0, 0.05) is 18.0 Å². The number of benzene rings is 2. The van der Waals surface area contributed by atoms with Gasteiger partial charge in [0.1, 0.15) is 0 Å². The van der Waals surface area contributed by atoms with Gasteiger partial charge in [0.2, 0.25) is 0 Å². The number of pyridine rings is 1. The van der Waals surface area contributed by atoms with E-state index in [0.717, 1.165) is 22.4 Å². The second-order valence-corrected chi connectivity index (χ2v) is 6.18. The van der Waals surface area contributed by atoms with Gasteiger partial charge in [0.25, 0.3) is 5.56 Å². The maximum Gasteiger partial charge on any atom is 0.250 e. The summed E-state index contributed by atoms with van der Waals surface area (Å²) in [6.07, 6.45) is 1.79. The lowest BCUT2D eigenvalue weighted by atomic mass is 10.1. The lowest BCUT2D eigenvalue weighted by Crippen LogP contribution is -2.22. The highest BCUT2D eigenvalue weighted by Crippen LogP contribution is 2.10. The Bertz CT molecular complexity index is 964. The maximum absolute atomic E-state index is 11.8. The maximum atomic E-state index is 11.8. The lowest BCUT2D eigenvalue weighted by Gasteiger charge is -2.07. The van der Waals surface area contributed by atoms with E-state index in [1.54, 1.807) is 22.9 Å². The number of aryl methyl sites for hydroxylation is 1. The van der Waals surface area contributed by atoms with Gasteiger partial charge in [-0.05, 0) is 41.8 Å². The molecule has 140 valence electrons. The Morgan fingerprint density at radius 3 is 2.48 bits per heavy atom. The van der Waals surface area contributed by atoms with Crippen LogP contribution in [0.5, 0.6) is 0 Å². The number of halogens is 1. The number of guanidine groups is 1. The van der Waals surface area contributed by atoms with Crippen LogP contribution in [0, 0.1) is 6.92 Å². The molecule has 27 heavy (non-hydrogen) atoms. The smallest absolute Gasteiger partial charge is 0.250 e. The Morgan fingerprint density at radius 2 is 1.78 bits per heavy atom. The van der Waals surface area contributed by atoms with Gasteiger partial charge in [-0.3, -0.25) is 4.79 Å². The van der Waals surface area contributed by atoms with E-state index in [-0.39, 0.29) is 29.5 Å². The quantitative estimate of drug-likeness (QED) is 0.336. The first-order valence-corrected chi connectivity index (χ1v) is 8.47. The van der Waals surface area contributed by atoms with Crippen molar-refractivity contribution >= 4 is 35.6 Å². The summed E-state index contributed by atoms with van der Waals surface area (Å²) in [4.78, 5) is 16.1. The zero-order valence-corrected chi connectivity index (χ0v) is 17.5. The molecule has 0 fully saturated rings. The molecular formula is C21H23IN4O. The number of nitrogens with one attached hydrogen (secondary N) is 1. The Kier molecular flexibility index (Phi) is 7.60. The van der Waals surface area contributed by atoms with Crippen LogP contribution in [0.2, 0.25) is 0 Å². The van der Waals surface area contributed by atoms with Gasteiger partial charge >= 0.3 is 0 Å². The van der Waals surface area contributed by atoms with E-state index < -0.39 is 0 Å². The molecule has 0 aliphatic heterocycles. The van der Waals surface area contributed by atoms with E-state index in [0.29, 0.717) is 19.0 Å². The van der Waals surface area contributed by atoms with Crippen molar-refractivity contribution in [1.82, 2.24) is 4.57 Å². The molecule has 0 radical (unpaired) electrons. The molecule has 0 amide bonds. The minimum absolute atomic E-state index is 0. The first-order valence-electron chi connectivity index (χ1n) is 8.47. The summed E-state index contributed by atoms with van der Waals surface area (Å²) in [5.41, 5.74) is 10.2. The third-order valence-corrected chi connectivity index (χ3v) is 4.00. The average Bonchev–Trinajstić information content (AvgIpc) is 2.63. The van der Waals surface area contributed by atoms with E-state index in [2.05, 4.69) is 10.3 Å². The van der Waals surface area contributed by atoms with Crippen LogP contribution in [0.1, 0.15) is 16.7 Å². The van der Waals surface area contributed by atoms with E-state index in [1.807, 2.05) is 61.5 Å². The summed E-state index contributed by atoms with van der Waals surface area (Å²) in [5.74, 6) is 0.385. The fourth-order valence-electron chi connectivity index (χ4n) is 2.62. The molecule has 3 N–H and O–H groups in total. The molecule has 6 heteroatoms. The van der Waals surface area contributed by atoms with Crippen LogP contribution < -0.4 is 16.6 Å². The summed E-state index contributed by atoms with van der Waals surface area (Å²) in [5, 5.41) is 3.09. The Labute approximate surface area is 176 Å². The molecule has 0 bridgehead atoms. The van der Waals surface area contributed by atoms with Crippen LogP contribution >= 0.6 is 24.0 Å². The zero-order chi connectivity index (χ0) is 18.4. The second-order valence-electron chi connectivity index (χ2n) is 6.18. The van der Waals surface area contributed by atoms with Crippen molar-refractivity contribution in [3.8, 4) is 0 Å². The molecule has 0 spiro atoms. The highest BCUT2D eigenvalue weighted by Gasteiger charge is 1.99. The molecular weight excluding hydrogens is 451 g/mol.